The largest absolute Gasteiger partial charge is 0.345 e. The van der Waals surface area contributed by atoms with Crippen molar-refractivity contribution in [3.05, 3.63) is 443 Å². The zero-order valence-electron chi connectivity index (χ0n) is 61.3. The Balaban J connectivity index is 0.000000125. The van der Waals surface area contributed by atoms with Gasteiger partial charge >= 0.3 is 0 Å². The standard InChI is InChI=1S/2C35H28N2.C33H26N2/c1-36(33-19-10-16-29(26-33)27-12-4-2-5-13-27)30-22-24-32(25-23-30)37(31-17-6-3-7-18-31)35-21-11-15-28-14-8-9-20-34(28)35;1-36(30-21-19-28(20-22-30)27-11-4-2-5-12-27)31-23-25-33(26-24-31)37(32-15-6-3-7-16-32)35-18-10-14-29-13-8-9-17-34(29)35;1-34(31-19-18-25-10-5-6-12-27(25)24-31)28-20-22-30(23-21-28)35(29-14-3-2-4-15-29)33-17-9-13-26-11-7-8-16-32(26)33/h2*2-26H,1H3;2-24H,1H3. The van der Waals surface area contributed by atoms with E-state index in [0.717, 1.165) is 62.6 Å². The van der Waals surface area contributed by atoms with Crippen molar-refractivity contribution in [3.63, 3.8) is 0 Å². The van der Waals surface area contributed by atoms with Crippen LogP contribution in [-0.4, -0.2) is 21.1 Å². The van der Waals surface area contributed by atoms with E-state index < -0.39 is 0 Å². The first-order chi connectivity index (χ1) is 53.8. The minimum Gasteiger partial charge on any atom is -0.345 e. The molecule has 0 saturated carbocycles. The first-order valence-corrected chi connectivity index (χ1v) is 37.1. The maximum atomic E-state index is 2.34. The van der Waals surface area contributed by atoms with Crippen molar-refractivity contribution in [3.8, 4) is 22.3 Å². The van der Waals surface area contributed by atoms with Gasteiger partial charge in [-0.1, -0.05) is 279 Å². The SMILES string of the molecule is CN(c1ccc(-c2ccccc2)cc1)c1ccc(N(c2ccccc2)c2cccc3ccccc23)cc1.CN(c1ccc(N(c2ccccc2)c2cccc3ccccc23)cc1)c1ccc2ccccc2c1.CN(c1ccc(N(c2ccccc2)c2cccc3ccccc23)cc1)c1cccc(-c2ccccc2)c1. The lowest BCUT2D eigenvalue weighted by atomic mass is 10.0. The van der Waals surface area contributed by atoms with Crippen LogP contribution < -0.4 is 29.4 Å². The number of benzene rings is 18. The predicted molar refractivity (Wildman–Crippen MR) is 468 cm³/mol. The number of hydrogen-bond acceptors (Lipinski definition) is 6. The van der Waals surface area contributed by atoms with Gasteiger partial charge in [0, 0.05) is 106 Å². The molecule has 18 rings (SSSR count). The first-order valence-electron chi connectivity index (χ1n) is 37.1. The number of hydrogen-bond donors (Lipinski definition) is 0. The normalized spacial score (nSPS) is 10.9. The molecule has 0 heterocycles. The van der Waals surface area contributed by atoms with E-state index in [0.29, 0.717) is 0 Å². The van der Waals surface area contributed by atoms with E-state index in [9.17, 15) is 0 Å². The molecule has 18 aromatic carbocycles. The predicted octanol–water partition coefficient (Wildman–Crippen LogP) is 28.7. The number of rotatable bonds is 17. The van der Waals surface area contributed by atoms with Crippen LogP contribution in [-0.2, 0) is 0 Å². The highest BCUT2D eigenvalue weighted by atomic mass is 15.2. The Morgan fingerprint density at radius 2 is 0.367 bits per heavy atom. The fourth-order valence-corrected chi connectivity index (χ4v) is 14.6. The van der Waals surface area contributed by atoms with Crippen LogP contribution in [0.15, 0.2) is 443 Å². The van der Waals surface area contributed by atoms with Gasteiger partial charge in [-0.05, 0) is 213 Å². The molecule has 0 radical (unpaired) electrons. The molecule has 6 heteroatoms. The molecule has 109 heavy (non-hydrogen) atoms. The van der Waals surface area contributed by atoms with E-state index in [1.807, 2.05) is 0 Å². The molecule has 0 aliphatic heterocycles. The molecule has 0 bridgehead atoms. The molecule has 0 fully saturated rings. The van der Waals surface area contributed by atoms with Crippen LogP contribution in [0.5, 0.6) is 0 Å². The van der Waals surface area contributed by atoms with E-state index in [1.165, 1.54) is 88.1 Å². The van der Waals surface area contributed by atoms with Gasteiger partial charge in [0.1, 0.15) is 0 Å². The molecule has 0 N–H and O–H groups in total. The van der Waals surface area contributed by atoms with E-state index in [-0.39, 0.29) is 0 Å². The van der Waals surface area contributed by atoms with Crippen molar-refractivity contribution >= 4 is 128 Å². The summed E-state index contributed by atoms with van der Waals surface area (Å²) in [6.45, 7) is 0. The van der Waals surface area contributed by atoms with Crippen molar-refractivity contribution in [2.24, 2.45) is 0 Å². The zero-order chi connectivity index (χ0) is 73.7. The van der Waals surface area contributed by atoms with Gasteiger partial charge in [0.2, 0.25) is 0 Å². The quantitative estimate of drug-likeness (QED) is 0.0899. The highest BCUT2D eigenvalue weighted by molar-refractivity contribution is 6.02. The smallest absolute Gasteiger partial charge is 0.0540 e. The lowest BCUT2D eigenvalue weighted by Gasteiger charge is -2.28. The fourth-order valence-electron chi connectivity index (χ4n) is 14.6. The van der Waals surface area contributed by atoms with Gasteiger partial charge in [-0.25, -0.2) is 0 Å². The zero-order valence-corrected chi connectivity index (χ0v) is 61.3. The summed E-state index contributed by atoms with van der Waals surface area (Å²) in [6, 6.07) is 157. The first kappa shape index (κ1) is 69.2. The van der Waals surface area contributed by atoms with Crippen LogP contribution in [0.25, 0.3) is 65.3 Å². The topological polar surface area (TPSA) is 19.4 Å². The Bertz CT molecular complexity index is 6010. The third kappa shape index (κ3) is 15.4. The second-order valence-electron chi connectivity index (χ2n) is 27.1. The summed E-state index contributed by atoms with van der Waals surface area (Å²) in [5.74, 6) is 0. The van der Waals surface area contributed by atoms with E-state index in [1.54, 1.807) is 0 Å². The molecule has 0 atom stereocenters. The minimum absolute atomic E-state index is 1.12. The summed E-state index contributed by atoms with van der Waals surface area (Å²) >= 11 is 0. The van der Waals surface area contributed by atoms with Crippen LogP contribution in [0.4, 0.5) is 85.3 Å². The molecule has 18 aromatic rings. The van der Waals surface area contributed by atoms with Gasteiger partial charge in [0.05, 0.1) is 17.1 Å². The summed E-state index contributed by atoms with van der Waals surface area (Å²) in [5, 5.41) is 9.90. The van der Waals surface area contributed by atoms with Gasteiger partial charge in [-0.3, -0.25) is 0 Å². The van der Waals surface area contributed by atoms with Gasteiger partial charge in [-0.2, -0.15) is 0 Å². The van der Waals surface area contributed by atoms with Crippen LogP contribution in [0.1, 0.15) is 0 Å². The van der Waals surface area contributed by atoms with Crippen molar-refractivity contribution in [2.75, 3.05) is 50.5 Å². The average molecular weight is 1400 g/mol. The molecule has 6 nitrogen and oxygen atoms in total. The molecular formula is C103H82N6. The lowest BCUT2D eigenvalue weighted by molar-refractivity contribution is 1.20. The van der Waals surface area contributed by atoms with Gasteiger partial charge in [0.15, 0.2) is 0 Å². The van der Waals surface area contributed by atoms with Crippen molar-refractivity contribution in [1.29, 1.82) is 0 Å². The minimum atomic E-state index is 1.12. The second kappa shape index (κ2) is 32.4. The number of fused-ring (bicyclic) bond motifs is 4. The molecule has 0 amide bonds. The summed E-state index contributed by atoms with van der Waals surface area (Å²) in [4.78, 5) is 13.7. The van der Waals surface area contributed by atoms with Crippen LogP contribution in [0.3, 0.4) is 0 Å². The molecule has 0 aliphatic carbocycles. The Kier molecular flexibility index (Phi) is 20.6. The second-order valence-corrected chi connectivity index (χ2v) is 27.1. The van der Waals surface area contributed by atoms with Crippen LogP contribution >= 0.6 is 0 Å². The fraction of sp³-hybridized carbons (Fsp3) is 0.0291. The van der Waals surface area contributed by atoms with Crippen molar-refractivity contribution in [2.45, 2.75) is 0 Å². The molecular weight excluding hydrogens is 1320 g/mol. The molecule has 0 saturated heterocycles. The Labute approximate surface area is 640 Å². The van der Waals surface area contributed by atoms with E-state index >= 15 is 0 Å². The van der Waals surface area contributed by atoms with Crippen molar-refractivity contribution < 1.29 is 0 Å². The Morgan fingerprint density at radius 3 is 0.752 bits per heavy atom. The Morgan fingerprint density at radius 1 is 0.138 bits per heavy atom. The molecule has 0 spiro atoms. The highest BCUT2D eigenvalue weighted by Gasteiger charge is 2.20. The third-order valence-corrected chi connectivity index (χ3v) is 20.4. The van der Waals surface area contributed by atoms with Crippen LogP contribution in [0, 0.1) is 0 Å². The molecule has 0 unspecified atom stereocenters. The summed E-state index contributed by atoms with van der Waals surface area (Å²) in [6.07, 6.45) is 0. The maximum Gasteiger partial charge on any atom is 0.0540 e. The number of para-hydroxylation sites is 3. The van der Waals surface area contributed by atoms with Gasteiger partial charge < -0.3 is 29.4 Å². The van der Waals surface area contributed by atoms with E-state index in [4.69, 9.17) is 0 Å². The molecule has 0 aromatic heterocycles. The summed E-state index contributed by atoms with van der Waals surface area (Å²) in [5.41, 5.74) is 22.1. The van der Waals surface area contributed by atoms with Gasteiger partial charge in [-0.15, -0.1) is 0 Å². The lowest BCUT2D eigenvalue weighted by Crippen LogP contribution is -2.12. The average Bonchev–Trinajstić information content (AvgIpc) is 0.783. The maximum absolute atomic E-state index is 2.34. The monoisotopic (exact) mass is 1400 g/mol. The molecule has 0 aliphatic rings. The van der Waals surface area contributed by atoms with Crippen LogP contribution in [0.2, 0.25) is 0 Å². The Hall–Kier alpha value is -14.2. The van der Waals surface area contributed by atoms with E-state index in [2.05, 4.69) is 493 Å². The molecule has 524 valence electrons. The third-order valence-electron chi connectivity index (χ3n) is 20.4. The van der Waals surface area contributed by atoms with Crippen molar-refractivity contribution in [1.82, 2.24) is 0 Å². The number of nitrogens with zero attached hydrogens (tertiary/aromatic N) is 6. The highest BCUT2D eigenvalue weighted by Crippen LogP contribution is 2.44. The number of anilines is 15. The summed E-state index contributed by atoms with van der Waals surface area (Å²) in [7, 11) is 6.36. The summed E-state index contributed by atoms with van der Waals surface area (Å²) < 4.78 is 0. The van der Waals surface area contributed by atoms with Gasteiger partial charge in [0.25, 0.3) is 0 Å².